The van der Waals surface area contributed by atoms with E-state index in [4.69, 9.17) is 4.42 Å². The van der Waals surface area contributed by atoms with Gasteiger partial charge in [0.15, 0.2) is 8.07 Å². The Kier molecular flexibility index (Phi) is 9.23. The third kappa shape index (κ3) is 6.07. The van der Waals surface area contributed by atoms with Gasteiger partial charge in [-0.05, 0) is 104 Å². The summed E-state index contributed by atoms with van der Waals surface area (Å²) in [6.45, 7) is 0. The van der Waals surface area contributed by atoms with Crippen LogP contribution < -0.4 is 20.7 Å². The third-order valence-electron chi connectivity index (χ3n) is 14.7. The molecule has 4 heteroatoms. The van der Waals surface area contributed by atoms with Crippen molar-refractivity contribution in [3.05, 3.63) is 267 Å². The van der Waals surface area contributed by atoms with Crippen molar-refractivity contribution in [3.8, 4) is 33.6 Å². The molecule has 0 atom stereocenters. The molecule has 0 unspecified atom stereocenters. The molecule has 0 fully saturated rings. The molecular formula is C66H44N2OSi. The highest BCUT2D eigenvalue weighted by Gasteiger charge is 2.42. The summed E-state index contributed by atoms with van der Waals surface area (Å²) in [5.41, 5.74) is 13.6. The largest absolute Gasteiger partial charge is 0.456 e. The number of rotatable bonds is 8. The number of furan rings is 1. The minimum absolute atomic E-state index is 0.902. The first-order chi connectivity index (χ1) is 34.7. The van der Waals surface area contributed by atoms with E-state index in [1.54, 1.807) is 0 Å². The zero-order valence-corrected chi connectivity index (χ0v) is 39.2. The topological polar surface area (TPSA) is 23.0 Å². The van der Waals surface area contributed by atoms with Crippen LogP contribution in [0.5, 0.6) is 0 Å². The average molecular weight is 909 g/mol. The molecule has 3 nitrogen and oxygen atoms in total. The molecule has 70 heavy (non-hydrogen) atoms. The van der Waals surface area contributed by atoms with Crippen LogP contribution in [0.4, 0.5) is 0 Å². The predicted molar refractivity (Wildman–Crippen MR) is 297 cm³/mol. The summed E-state index contributed by atoms with van der Waals surface area (Å²) in [6.07, 6.45) is 0. The van der Waals surface area contributed by atoms with Gasteiger partial charge in [0.05, 0.1) is 22.1 Å². The van der Waals surface area contributed by atoms with Crippen molar-refractivity contribution in [1.82, 2.24) is 9.13 Å². The van der Waals surface area contributed by atoms with Crippen LogP contribution in [-0.2, 0) is 0 Å². The predicted octanol–water partition coefficient (Wildman–Crippen LogP) is 14.5. The Hall–Kier alpha value is -8.96. The van der Waals surface area contributed by atoms with E-state index in [9.17, 15) is 0 Å². The Morgan fingerprint density at radius 3 is 1.40 bits per heavy atom. The molecule has 0 aliphatic rings. The van der Waals surface area contributed by atoms with Gasteiger partial charge in [0.1, 0.15) is 11.2 Å². The molecule has 0 aliphatic heterocycles. The monoisotopic (exact) mass is 908 g/mol. The normalized spacial score (nSPS) is 12.0. The fourth-order valence-corrected chi connectivity index (χ4v) is 16.5. The zero-order chi connectivity index (χ0) is 46.2. The first-order valence-corrected chi connectivity index (χ1v) is 26.1. The lowest BCUT2D eigenvalue weighted by Gasteiger charge is -2.34. The summed E-state index contributed by atoms with van der Waals surface area (Å²) >= 11 is 0. The van der Waals surface area contributed by atoms with Gasteiger partial charge in [-0.3, -0.25) is 0 Å². The van der Waals surface area contributed by atoms with Crippen molar-refractivity contribution < 1.29 is 4.42 Å². The number of para-hydroxylation sites is 2. The van der Waals surface area contributed by atoms with E-state index < -0.39 is 8.07 Å². The summed E-state index contributed by atoms with van der Waals surface area (Å²) in [5.74, 6) is 0. The molecule has 14 rings (SSSR count). The number of benzene rings is 11. The molecule has 0 bridgehead atoms. The van der Waals surface area contributed by atoms with Gasteiger partial charge in [0, 0.05) is 43.7 Å². The second-order valence-electron chi connectivity index (χ2n) is 18.4. The first kappa shape index (κ1) is 40.1. The summed E-state index contributed by atoms with van der Waals surface area (Å²) in [7, 11) is -3.01. The molecular weight excluding hydrogens is 865 g/mol. The highest BCUT2D eigenvalue weighted by atomic mass is 28.3. The molecule has 0 aliphatic carbocycles. The summed E-state index contributed by atoms with van der Waals surface area (Å²) in [6, 6.07) is 98.4. The van der Waals surface area contributed by atoms with Crippen LogP contribution >= 0.6 is 0 Å². The lowest BCUT2D eigenvalue weighted by Crippen LogP contribution is -2.74. The number of hydrogen-bond acceptors (Lipinski definition) is 1. The molecule has 3 aromatic heterocycles. The van der Waals surface area contributed by atoms with Crippen LogP contribution in [0.2, 0.25) is 0 Å². The molecule has 0 saturated heterocycles. The molecule has 0 spiro atoms. The van der Waals surface area contributed by atoms with Gasteiger partial charge in [-0.15, -0.1) is 0 Å². The lowest BCUT2D eigenvalue weighted by atomic mass is 9.99. The fourth-order valence-electron chi connectivity index (χ4n) is 11.7. The highest BCUT2D eigenvalue weighted by Crippen LogP contribution is 2.42. The van der Waals surface area contributed by atoms with Crippen molar-refractivity contribution in [1.29, 1.82) is 0 Å². The molecule has 0 saturated carbocycles. The van der Waals surface area contributed by atoms with E-state index in [0.717, 1.165) is 44.3 Å². The molecule has 3 heterocycles. The van der Waals surface area contributed by atoms with E-state index in [-0.39, 0.29) is 0 Å². The molecule has 0 radical (unpaired) electrons. The van der Waals surface area contributed by atoms with Gasteiger partial charge in [0.25, 0.3) is 0 Å². The lowest BCUT2D eigenvalue weighted by molar-refractivity contribution is 0.669. The average Bonchev–Trinajstić information content (AvgIpc) is 4.10. The molecule has 14 aromatic rings. The van der Waals surface area contributed by atoms with Crippen LogP contribution in [0.15, 0.2) is 271 Å². The van der Waals surface area contributed by atoms with Crippen LogP contribution in [0.3, 0.4) is 0 Å². The summed E-state index contributed by atoms with van der Waals surface area (Å²) in [5, 5.41) is 12.5. The van der Waals surface area contributed by atoms with Gasteiger partial charge < -0.3 is 13.6 Å². The van der Waals surface area contributed by atoms with Crippen LogP contribution in [-0.4, -0.2) is 17.2 Å². The van der Waals surface area contributed by atoms with Crippen molar-refractivity contribution >= 4 is 94.4 Å². The number of aromatic nitrogens is 2. The van der Waals surface area contributed by atoms with E-state index in [1.165, 1.54) is 75.6 Å². The van der Waals surface area contributed by atoms with Crippen molar-refractivity contribution in [3.63, 3.8) is 0 Å². The van der Waals surface area contributed by atoms with Crippen molar-refractivity contribution in [2.45, 2.75) is 0 Å². The number of hydrogen-bond donors (Lipinski definition) is 0. The van der Waals surface area contributed by atoms with Gasteiger partial charge in [-0.25, -0.2) is 0 Å². The zero-order valence-electron chi connectivity index (χ0n) is 38.2. The SMILES string of the molecule is c1ccc(-c2cccc3c2c2ccccc2n3-c2ccc3c(c2)c2c(-c4ccccc4)cccc2n3-c2cccc([Si](c3ccccc3)(c3ccccc3)c3ccc4oc5ccccc5c4c3)c2)cc1. The smallest absolute Gasteiger partial charge is 0.179 e. The van der Waals surface area contributed by atoms with E-state index in [1.807, 2.05) is 0 Å². The number of nitrogens with zero attached hydrogens (tertiary/aromatic N) is 2. The second kappa shape index (κ2) is 16.1. The van der Waals surface area contributed by atoms with Gasteiger partial charge in [-0.2, -0.15) is 0 Å². The van der Waals surface area contributed by atoms with Crippen LogP contribution in [0.25, 0.3) is 99.2 Å². The molecule has 328 valence electrons. The highest BCUT2D eigenvalue weighted by molar-refractivity contribution is 7.20. The van der Waals surface area contributed by atoms with Crippen LogP contribution in [0, 0.1) is 0 Å². The van der Waals surface area contributed by atoms with Crippen LogP contribution in [0.1, 0.15) is 0 Å². The standard InChI is InChI=1S/C66H44N2OSi/c1-5-20-45(21-6-1)53-32-18-35-61-65(53)56-31-13-15-34-59(56)68(61)48-38-40-60-58(43-48)66-54(46-22-7-2-8-23-46)33-19-36-62(66)67(60)47-24-17-29-51(42-47)70(49-25-9-3-10-26-49,50-27-11-4-12-28-50)52-39-41-64-57(44-52)55-30-14-16-37-63(55)69-64/h1-44H. The summed E-state index contributed by atoms with van der Waals surface area (Å²) in [4.78, 5) is 0. The number of fused-ring (bicyclic) bond motifs is 9. The molecule has 0 amide bonds. The Morgan fingerprint density at radius 1 is 0.271 bits per heavy atom. The van der Waals surface area contributed by atoms with Gasteiger partial charge in [0.2, 0.25) is 0 Å². The maximum absolute atomic E-state index is 6.44. The first-order valence-electron chi connectivity index (χ1n) is 24.1. The van der Waals surface area contributed by atoms with Gasteiger partial charge >= 0.3 is 0 Å². The van der Waals surface area contributed by atoms with Crippen molar-refractivity contribution in [2.75, 3.05) is 0 Å². The molecule has 0 N–H and O–H groups in total. The maximum Gasteiger partial charge on any atom is 0.179 e. The quantitative estimate of drug-likeness (QED) is 0.110. The fraction of sp³-hybridized carbons (Fsp3) is 0. The second-order valence-corrected chi connectivity index (χ2v) is 22.2. The minimum Gasteiger partial charge on any atom is -0.456 e. The Bertz CT molecular complexity index is 4240. The van der Waals surface area contributed by atoms with Crippen molar-refractivity contribution in [2.24, 2.45) is 0 Å². The van der Waals surface area contributed by atoms with E-state index in [2.05, 4.69) is 276 Å². The third-order valence-corrected chi connectivity index (χ3v) is 19.4. The van der Waals surface area contributed by atoms with E-state index in [0.29, 0.717) is 0 Å². The Labute approximate surface area is 406 Å². The maximum atomic E-state index is 6.44. The summed E-state index contributed by atoms with van der Waals surface area (Å²) < 4.78 is 11.4. The molecule has 11 aromatic carbocycles. The Morgan fingerprint density at radius 2 is 0.743 bits per heavy atom. The van der Waals surface area contributed by atoms with Gasteiger partial charge in [-0.1, -0.05) is 206 Å². The Balaban J connectivity index is 1.04. The van der Waals surface area contributed by atoms with E-state index >= 15 is 0 Å². The minimum atomic E-state index is -3.01.